The standard InChI is InChI=1S/C16H18F2N2/c1-20(9-5-8-12-6-3-2-4-7-12)16-14(17)10-13(19)11-15(16)18/h2-4,6-7,10-11H,5,8-9,19H2,1H3. The summed E-state index contributed by atoms with van der Waals surface area (Å²) in [6.45, 7) is 0.576. The second-order valence-electron chi connectivity index (χ2n) is 4.84. The van der Waals surface area contributed by atoms with Gasteiger partial charge in [0, 0.05) is 19.3 Å². The van der Waals surface area contributed by atoms with Crippen molar-refractivity contribution in [3.63, 3.8) is 0 Å². The second kappa shape index (κ2) is 6.37. The van der Waals surface area contributed by atoms with Gasteiger partial charge in [-0.1, -0.05) is 30.3 Å². The lowest BCUT2D eigenvalue weighted by atomic mass is 10.1. The number of anilines is 2. The SMILES string of the molecule is CN(CCCc1ccccc1)c1c(F)cc(N)cc1F. The number of benzene rings is 2. The molecule has 0 amide bonds. The van der Waals surface area contributed by atoms with Crippen molar-refractivity contribution in [3.8, 4) is 0 Å². The first-order valence-electron chi connectivity index (χ1n) is 6.57. The van der Waals surface area contributed by atoms with Gasteiger partial charge in [0.15, 0.2) is 11.6 Å². The molecule has 0 spiro atoms. The number of hydrogen-bond acceptors (Lipinski definition) is 2. The predicted octanol–water partition coefficient (Wildman–Crippen LogP) is 3.62. The van der Waals surface area contributed by atoms with Gasteiger partial charge in [0.25, 0.3) is 0 Å². The fourth-order valence-electron chi connectivity index (χ4n) is 2.23. The summed E-state index contributed by atoms with van der Waals surface area (Å²) < 4.78 is 27.5. The van der Waals surface area contributed by atoms with Crippen LogP contribution in [0.3, 0.4) is 0 Å². The van der Waals surface area contributed by atoms with E-state index in [0.29, 0.717) is 6.54 Å². The highest BCUT2D eigenvalue weighted by atomic mass is 19.1. The molecule has 0 aliphatic carbocycles. The minimum Gasteiger partial charge on any atom is -0.399 e. The lowest BCUT2D eigenvalue weighted by Crippen LogP contribution is -2.21. The molecule has 2 N–H and O–H groups in total. The van der Waals surface area contributed by atoms with E-state index < -0.39 is 11.6 Å². The van der Waals surface area contributed by atoms with Crippen molar-refractivity contribution >= 4 is 11.4 Å². The first kappa shape index (κ1) is 14.3. The molecule has 106 valence electrons. The molecule has 0 atom stereocenters. The minimum absolute atomic E-state index is 0.0211. The molecule has 0 aliphatic rings. The third-order valence-corrected chi connectivity index (χ3v) is 3.22. The van der Waals surface area contributed by atoms with Crippen LogP contribution in [0.1, 0.15) is 12.0 Å². The van der Waals surface area contributed by atoms with Gasteiger partial charge in [-0.3, -0.25) is 0 Å². The smallest absolute Gasteiger partial charge is 0.151 e. The zero-order chi connectivity index (χ0) is 14.5. The number of nitrogens with two attached hydrogens (primary N) is 1. The molecule has 0 saturated carbocycles. The molecule has 0 aliphatic heterocycles. The third kappa shape index (κ3) is 3.47. The number of halogens is 2. The Morgan fingerprint density at radius 3 is 2.25 bits per heavy atom. The molecule has 2 aromatic rings. The topological polar surface area (TPSA) is 29.3 Å². The Labute approximate surface area is 117 Å². The van der Waals surface area contributed by atoms with Crippen molar-refractivity contribution in [1.82, 2.24) is 0 Å². The highest BCUT2D eigenvalue weighted by Crippen LogP contribution is 2.25. The summed E-state index contributed by atoms with van der Waals surface area (Å²) in [5, 5.41) is 0. The molecule has 0 fully saturated rings. The van der Waals surface area contributed by atoms with Gasteiger partial charge in [0.1, 0.15) is 5.69 Å². The zero-order valence-electron chi connectivity index (χ0n) is 11.4. The molecule has 0 bridgehead atoms. The fourth-order valence-corrected chi connectivity index (χ4v) is 2.23. The second-order valence-corrected chi connectivity index (χ2v) is 4.84. The first-order valence-corrected chi connectivity index (χ1v) is 6.57. The first-order chi connectivity index (χ1) is 9.58. The normalized spacial score (nSPS) is 10.6. The molecule has 0 heterocycles. The van der Waals surface area contributed by atoms with Crippen molar-refractivity contribution in [2.24, 2.45) is 0 Å². The highest BCUT2D eigenvalue weighted by Gasteiger charge is 2.14. The van der Waals surface area contributed by atoms with E-state index in [1.807, 2.05) is 30.3 Å². The number of rotatable bonds is 5. The Balaban J connectivity index is 1.97. The van der Waals surface area contributed by atoms with Crippen LogP contribution in [-0.2, 0) is 6.42 Å². The summed E-state index contributed by atoms with van der Waals surface area (Å²) in [7, 11) is 1.68. The van der Waals surface area contributed by atoms with Crippen LogP contribution in [0.2, 0.25) is 0 Å². The molecule has 4 heteroatoms. The van der Waals surface area contributed by atoms with E-state index in [1.165, 1.54) is 5.56 Å². The molecule has 20 heavy (non-hydrogen) atoms. The number of nitrogen functional groups attached to an aromatic ring is 1. The fraction of sp³-hybridized carbons (Fsp3) is 0.250. The molecule has 2 aromatic carbocycles. The maximum Gasteiger partial charge on any atom is 0.151 e. The van der Waals surface area contributed by atoms with Crippen molar-refractivity contribution in [2.45, 2.75) is 12.8 Å². The summed E-state index contributed by atoms with van der Waals surface area (Å²) in [6, 6.07) is 12.3. The van der Waals surface area contributed by atoms with Gasteiger partial charge in [-0.15, -0.1) is 0 Å². The predicted molar refractivity (Wildman–Crippen MR) is 78.8 cm³/mol. The van der Waals surface area contributed by atoms with Gasteiger partial charge >= 0.3 is 0 Å². The van der Waals surface area contributed by atoms with Crippen LogP contribution in [0.4, 0.5) is 20.2 Å². The maximum absolute atomic E-state index is 13.8. The number of aryl methyl sites for hydroxylation is 1. The highest BCUT2D eigenvalue weighted by molar-refractivity contribution is 5.55. The number of nitrogens with zero attached hydrogens (tertiary/aromatic N) is 1. The maximum atomic E-state index is 13.8. The number of hydrogen-bond donors (Lipinski definition) is 1. The van der Waals surface area contributed by atoms with Gasteiger partial charge in [-0.05, 0) is 30.5 Å². The Morgan fingerprint density at radius 2 is 1.65 bits per heavy atom. The van der Waals surface area contributed by atoms with Crippen molar-refractivity contribution in [3.05, 3.63) is 59.7 Å². The van der Waals surface area contributed by atoms with E-state index in [1.54, 1.807) is 11.9 Å². The summed E-state index contributed by atoms with van der Waals surface area (Å²) in [4.78, 5) is 1.59. The molecule has 2 nitrogen and oxygen atoms in total. The summed E-state index contributed by atoms with van der Waals surface area (Å²) in [6.07, 6.45) is 1.70. The average Bonchev–Trinajstić information content (AvgIpc) is 2.38. The Hall–Kier alpha value is -2.10. The van der Waals surface area contributed by atoms with Crippen LogP contribution in [-0.4, -0.2) is 13.6 Å². The Bertz CT molecular complexity index is 547. The molecule has 0 radical (unpaired) electrons. The van der Waals surface area contributed by atoms with E-state index in [2.05, 4.69) is 0 Å². The van der Waals surface area contributed by atoms with Crippen molar-refractivity contribution in [1.29, 1.82) is 0 Å². The van der Waals surface area contributed by atoms with E-state index in [9.17, 15) is 8.78 Å². The summed E-state index contributed by atoms with van der Waals surface area (Å²) >= 11 is 0. The van der Waals surface area contributed by atoms with Crippen LogP contribution in [0.25, 0.3) is 0 Å². The van der Waals surface area contributed by atoms with Crippen LogP contribution < -0.4 is 10.6 Å². The van der Waals surface area contributed by atoms with Gasteiger partial charge in [0.05, 0.1) is 0 Å². The quantitative estimate of drug-likeness (QED) is 0.845. The van der Waals surface area contributed by atoms with Crippen molar-refractivity contribution in [2.75, 3.05) is 24.2 Å². The molecule has 2 rings (SSSR count). The van der Waals surface area contributed by atoms with Crippen LogP contribution in [0, 0.1) is 11.6 Å². The minimum atomic E-state index is -0.621. The molecule has 0 aromatic heterocycles. The molecule has 0 saturated heterocycles. The zero-order valence-corrected chi connectivity index (χ0v) is 11.4. The Kier molecular flexibility index (Phi) is 4.56. The van der Waals surface area contributed by atoms with Crippen LogP contribution >= 0.6 is 0 Å². The van der Waals surface area contributed by atoms with E-state index in [4.69, 9.17) is 5.73 Å². The third-order valence-electron chi connectivity index (χ3n) is 3.22. The lowest BCUT2D eigenvalue weighted by molar-refractivity contribution is 0.576. The summed E-state index contributed by atoms with van der Waals surface area (Å²) in [5.74, 6) is -1.24. The monoisotopic (exact) mass is 276 g/mol. The van der Waals surface area contributed by atoms with Gasteiger partial charge < -0.3 is 10.6 Å². The lowest BCUT2D eigenvalue weighted by Gasteiger charge is -2.20. The summed E-state index contributed by atoms with van der Waals surface area (Å²) in [5.41, 5.74) is 6.71. The van der Waals surface area contributed by atoms with E-state index in [-0.39, 0.29) is 11.4 Å². The van der Waals surface area contributed by atoms with Gasteiger partial charge in [-0.2, -0.15) is 0 Å². The van der Waals surface area contributed by atoms with Crippen LogP contribution in [0.15, 0.2) is 42.5 Å². The van der Waals surface area contributed by atoms with E-state index in [0.717, 1.165) is 25.0 Å². The van der Waals surface area contributed by atoms with Gasteiger partial charge in [0.2, 0.25) is 0 Å². The van der Waals surface area contributed by atoms with E-state index >= 15 is 0 Å². The van der Waals surface area contributed by atoms with Crippen molar-refractivity contribution < 1.29 is 8.78 Å². The van der Waals surface area contributed by atoms with Crippen LogP contribution in [0.5, 0.6) is 0 Å². The van der Waals surface area contributed by atoms with Gasteiger partial charge in [-0.25, -0.2) is 8.78 Å². The average molecular weight is 276 g/mol. The molecular weight excluding hydrogens is 258 g/mol. The molecule has 0 unspecified atom stereocenters. The largest absolute Gasteiger partial charge is 0.399 e. The Morgan fingerprint density at radius 1 is 1.05 bits per heavy atom. The molecular formula is C16H18F2N2.